The Morgan fingerprint density at radius 1 is 1.12 bits per heavy atom. The van der Waals surface area contributed by atoms with Gasteiger partial charge in [0.1, 0.15) is 11.5 Å². The first-order valence-corrected chi connectivity index (χ1v) is 5.97. The molecular weight excluding hydrogens is 278 g/mol. The van der Waals surface area contributed by atoms with Crippen molar-refractivity contribution in [3.05, 3.63) is 58.6 Å². The number of benzene rings is 2. The van der Waals surface area contributed by atoms with E-state index in [1.54, 1.807) is 0 Å². The van der Waals surface area contributed by atoms with Gasteiger partial charge in [-0.25, -0.2) is 0 Å². The Morgan fingerprint density at radius 2 is 1.88 bits per heavy atom. The topological polar surface area (TPSA) is 33.0 Å². The maximum absolute atomic E-state index is 8.67. The number of hydrogen-bond acceptors (Lipinski definition) is 2. The van der Waals surface area contributed by atoms with E-state index in [-0.39, 0.29) is 0 Å². The van der Waals surface area contributed by atoms with E-state index < -0.39 is 0 Å². The van der Waals surface area contributed by atoms with Crippen molar-refractivity contribution in [2.45, 2.75) is 6.42 Å². The van der Waals surface area contributed by atoms with Crippen LogP contribution in [0.3, 0.4) is 0 Å². The highest BCUT2D eigenvalue weighted by atomic mass is 79.9. The first-order chi connectivity index (χ1) is 8.29. The molecule has 2 aromatic carbocycles. The summed E-state index contributed by atoms with van der Waals surface area (Å²) in [4.78, 5) is 0. The van der Waals surface area contributed by atoms with E-state index >= 15 is 0 Å². The second-order valence-electron chi connectivity index (χ2n) is 3.51. The summed E-state index contributed by atoms with van der Waals surface area (Å²) >= 11 is 3.43. The highest BCUT2D eigenvalue weighted by Crippen LogP contribution is 2.30. The molecule has 0 radical (unpaired) electrons. The lowest BCUT2D eigenvalue weighted by Gasteiger charge is -2.08. The van der Waals surface area contributed by atoms with Crippen molar-refractivity contribution in [3.8, 4) is 17.6 Å². The zero-order valence-electron chi connectivity index (χ0n) is 9.06. The summed E-state index contributed by atoms with van der Waals surface area (Å²) in [5.74, 6) is 1.51. The summed E-state index contributed by atoms with van der Waals surface area (Å²) in [5, 5.41) is 8.67. The van der Waals surface area contributed by atoms with E-state index in [9.17, 15) is 0 Å². The average Bonchev–Trinajstić information content (AvgIpc) is 2.35. The van der Waals surface area contributed by atoms with Crippen LogP contribution in [0.4, 0.5) is 0 Å². The van der Waals surface area contributed by atoms with Crippen molar-refractivity contribution in [2.75, 3.05) is 0 Å². The van der Waals surface area contributed by atoms with E-state index in [4.69, 9.17) is 10.00 Å². The zero-order valence-corrected chi connectivity index (χ0v) is 10.6. The summed E-state index contributed by atoms with van der Waals surface area (Å²) in [6, 6.07) is 17.4. The van der Waals surface area contributed by atoms with Gasteiger partial charge in [0.05, 0.1) is 17.0 Å². The lowest BCUT2D eigenvalue weighted by atomic mass is 10.1. The fourth-order valence-corrected chi connectivity index (χ4v) is 1.77. The van der Waals surface area contributed by atoms with Gasteiger partial charge in [-0.15, -0.1) is 0 Å². The SMILES string of the molecule is N#CCc1ccc(Br)c(Oc2ccccc2)c1. The van der Waals surface area contributed by atoms with E-state index in [0.717, 1.165) is 21.5 Å². The van der Waals surface area contributed by atoms with E-state index in [0.29, 0.717) is 6.42 Å². The number of ether oxygens (including phenoxy) is 1. The minimum absolute atomic E-state index is 0.387. The molecule has 0 saturated heterocycles. The summed E-state index contributed by atoms with van der Waals surface area (Å²) in [6.45, 7) is 0. The van der Waals surface area contributed by atoms with Crippen molar-refractivity contribution >= 4 is 15.9 Å². The molecule has 0 atom stereocenters. The molecule has 0 N–H and O–H groups in total. The van der Waals surface area contributed by atoms with E-state index in [2.05, 4.69) is 22.0 Å². The minimum Gasteiger partial charge on any atom is -0.456 e. The van der Waals surface area contributed by atoms with Gasteiger partial charge < -0.3 is 4.74 Å². The van der Waals surface area contributed by atoms with Gasteiger partial charge in [0.15, 0.2) is 0 Å². The smallest absolute Gasteiger partial charge is 0.141 e. The lowest BCUT2D eigenvalue weighted by molar-refractivity contribution is 0.479. The first kappa shape index (κ1) is 11.7. The third-order valence-electron chi connectivity index (χ3n) is 2.25. The predicted octanol–water partition coefficient (Wildman–Crippen LogP) is 4.31. The molecule has 84 valence electrons. The van der Waals surface area contributed by atoms with Crippen molar-refractivity contribution in [1.82, 2.24) is 0 Å². The summed E-state index contributed by atoms with van der Waals surface area (Å²) < 4.78 is 6.62. The van der Waals surface area contributed by atoms with Crippen LogP contribution in [0.25, 0.3) is 0 Å². The van der Waals surface area contributed by atoms with Crippen LogP contribution in [0, 0.1) is 11.3 Å². The molecule has 2 aromatic rings. The molecule has 0 aliphatic rings. The summed E-state index contributed by atoms with van der Waals surface area (Å²) in [6.07, 6.45) is 0.387. The summed E-state index contributed by atoms with van der Waals surface area (Å²) in [5.41, 5.74) is 0.946. The van der Waals surface area contributed by atoms with Gasteiger partial charge in [-0.3, -0.25) is 0 Å². The third kappa shape index (κ3) is 3.08. The molecule has 0 unspecified atom stereocenters. The zero-order chi connectivity index (χ0) is 12.1. The Balaban J connectivity index is 2.26. The second-order valence-corrected chi connectivity index (χ2v) is 4.37. The van der Waals surface area contributed by atoms with Crippen LogP contribution in [0.5, 0.6) is 11.5 Å². The Morgan fingerprint density at radius 3 is 2.59 bits per heavy atom. The third-order valence-corrected chi connectivity index (χ3v) is 2.90. The van der Waals surface area contributed by atoms with Crippen LogP contribution >= 0.6 is 15.9 Å². The Labute approximate surface area is 109 Å². The number of hydrogen-bond donors (Lipinski definition) is 0. The lowest BCUT2D eigenvalue weighted by Crippen LogP contribution is -1.88. The molecule has 2 nitrogen and oxygen atoms in total. The first-order valence-electron chi connectivity index (χ1n) is 5.18. The fourth-order valence-electron chi connectivity index (χ4n) is 1.44. The minimum atomic E-state index is 0.387. The van der Waals surface area contributed by atoms with Gasteiger partial charge in [0.2, 0.25) is 0 Å². The van der Waals surface area contributed by atoms with Crippen LogP contribution in [-0.4, -0.2) is 0 Å². The van der Waals surface area contributed by atoms with Gasteiger partial charge in [-0.05, 0) is 45.8 Å². The van der Waals surface area contributed by atoms with Crippen molar-refractivity contribution in [2.24, 2.45) is 0 Å². The predicted molar refractivity (Wildman–Crippen MR) is 70.0 cm³/mol. The number of para-hydroxylation sites is 1. The quantitative estimate of drug-likeness (QED) is 0.843. The molecule has 0 spiro atoms. The van der Waals surface area contributed by atoms with E-state index in [1.165, 1.54) is 0 Å². The summed E-state index contributed by atoms with van der Waals surface area (Å²) in [7, 11) is 0. The number of nitrogens with zero attached hydrogens (tertiary/aromatic N) is 1. The standard InChI is InChI=1S/C14H10BrNO/c15-13-7-6-11(8-9-16)10-14(13)17-12-4-2-1-3-5-12/h1-7,10H,8H2. The molecule has 17 heavy (non-hydrogen) atoms. The number of rotatable bonds is 3. The highest BCUT2D eigenvalue weighted by molar-refractivity contribution is 9.10. The number of halogens is 1. The van der Waals surface area contributed by atoms with Crippen molar-refractivity contribution in [3.63, 3.8) is 0 Å². The Kier molecular flexibility index (Phi) is 3.79. The van der Waals surface area contributed by atoms with Gasteiger partial charge >= 0.3 is 0 Å². The van der Waals surface area contributed by atoms with Crippen LogP contribution in [0.2, 0.25) is 0 Å². The average molecular weight is 288 g/mol. The largest absolute Gasteiger partial charge is 0.456 e. The molecule has 0 amide bonds. The molecule has 0 saturated carbocycles. The van der Waals surface area contributed by atoms with E-state index in [1.807, 2.05) is 48.5 Å². The number of nitriles is 1. The van der Waals surface area contributed by atoms with Gasteiger partial charge in [-0.1, -0.05) is 24.3 Å². The second kappa shape index (κ2) is 5.51. The van der Waals surface area contributed by atoms with Crippen LogP contribution in [-0.2, 0) is 6.42 Å². The van der Waals surface area contributed by atoms with Gasteiger partial charge in [0, 0.05) is 0 Å². The molecular formula is C14H10BrNO. The van der Waals surface area contributed by atoms with Crippen molar-refractivity contribution in [1.29, 1.82) is 5.26 Å². The Hall–Kier alpha value is -1.79. The molecule has 2 rings (SSSR count). The molecule has 0 heterocycles. The monoisotopic (exact) mass is 287 g/mol. The van der Waals surface area contributed by atoms with Crippen LogP contribution in [0.1, 0.15) is 5.56 Å². The molecule has 3 heteroatoms. The molecule has 0 aliphatic carbocycles. The highest BCUT2D eigenvalue weighted by Gasteiger charge is 2.04. The van der Waals surface area contributed by atoms with Gasteiger partial charge in [0.25, 0.3) is 0 Å². The molecule has 0 bridgehead atoms. The normalized spacial score (nSPS) is 9.65. The van der Waals surface area contributed by atoms with Crippen LogP contribution < -0.4 is 4.74 Å². The maximum Gasteiger partial charge on any atom is 0.141 e. The van der Waals surface area contributed by atoms with Crippen LogP contribution in [0.15, 0.2) is 53.0 Å². The van der Waals surface area contributed by atoms with Crippen molar-refractivity contribution < 1.29 is 4.74 Å². The van der Waals surface area contributed by atoms with Gasteiger partial charge in [-0.2, -0.15) is 5.26 Å². The fraction of sp³-hybridized carbons (Fsp3) is 0.0714. The Bertz CT molecular complexity index is 546. The molecule has 0 aromatic heterocycles. The maximum atomic E-state index is 8.67. The molecule has 0 aliphatic heterocycles. The molecule has 0 fully saturated rings.